The second-order valence-corrected chi connectivity index (χ2v) is 7.94. The van der Waals surface area contributed by atoms with E-state index in [0.29, 0.717) is 11.5 Å². The van der Waals surface area contributed by atoms with E-state index in [2.05, 4.69) is 31.2 Å². The molecule has 3 rings (SSSR count). The molecule has 0 bridgehead atoms. The van der Waals surface area contributed by atoms with Gasteiger partial charge in [0.2, 0.25) is 10.0 Å². The molecule has 2 N–H and O–H groups in total. The highest BCUT2D eigenvalue weighted by molar-refractivity contribution is 9.10. The minimum atomic E-state index is -3.65. The molecule has 0 fully saturated rings. The maximum absolute atomic E-state index is 12.2. The number of amides is 1. The maximum atomic E-state index is 12.2. The summed E-state index contributed by atoms with van der Waals surface area (Å²) in [5.41, 5.74) is 2.29. The SMILES string of the molecule is O=C(N/N=C\c1ccc(CNS(=O)(=O)c2ccc(Br)cc2)o1)c1ccco1. The highest BCUT2D eigenvalue weighted by atomic mass is 79.9. The first-order valence-corrected chi connectivity index (χ1v) is 9.92. The van der Waals surface area contributed by atoms with E-state index in [0.717, 1.165) is 4.47 Å². The van der Waals surface area contributed by atoms with Crippen molar-refractivity contribution in [2.45, 2.75) is 11.4 Å². The van der Waals surface area contributed by atoms with Gasteiger partial charge in [-0.2, -0.15) is 5.10 Å². The average Bonchev–Trinajstić information content (AvgIpc) is 3.32. The van der Waals surface area contributed by atoms with E-state index in [4.69, 9.17) is 8.83 Å². The number of furan rings is 2. The van der Waals surface area contributed by atoms with E-state index in [1.54, 1.807) is 30.3 Å². The fourth-order valence-corrected chi connectivity index (χ4v) is 3.30. The number of nitrogens with one attached hydrogen (secondary N) is 2. The molecule has 2 heterocycles. The zero-order valence-electron chi connectivity index (χ0n) is 13.8. The summed E-state index contributed by atoms with van der Waals surface area (Å²) in [6, 6.07) is 12.6. The normalized spacial score (nSPS) is 11.7. The smallest absolute Gasteiger partial charge is 0.307 e. The Labute approximate surface area is 163 Å². The van der Waals surface area contributed by atoms with Gasteiger partial charge in [0.15, 0.2) is 5.76 Å². The predicted molar refractivity (Wildman–Crippen MR) is 101 cm³/mol. The topological polar surface area (TPSA) is 114 Å². The molecule has 0 aliphatic rings. The quantitative estimate of drug-likeness (QED) is 0.423. The van der Waals surface area contributed by atoms with Crippen LogP contribution in [-0.2, 0) is 16.6 Å². The van der Waals surface area contributed by atoms with Gasteiger partial charge < -0.3 is 8.83 Å². The van der Waals surface area contributed by atoms with Gasteiger partial charge in [-0.25, -0.2) is 18.6 Å². The number of hydrogen-bond acceptors (Lipinski definition) is 6. The van der Waals surface area contributed by atoms with Gasteiger partial charge in [-0.15, -0.1) is 0 Å². The van der Waals surface area contributed by atoms with E-state index in [1.165, 1.54) is 30.7 Å². The second kappa shape index (κ2) is 8.33. The summed E-state index contributed by atoms with van der Waals surface area (Å²) in [7, 11) is -3.65. The van der Waals surface area contributed by atoms with E-state index in [9.17, 15) is 13.2 Å². The number of halogens is 1. The largest absolute Gasteiger partial charge is 0.459 e. The van der Waals surface area contributed by atoms with Gasteiger partial charge in [0.25, 0.3) is 0 Å². The summed E-state index contributed by atoms with van der Waals surface area (Å²) in [6.45, 7) is -0.0228. The molecule has 1 aromatic carbocycles. The Morgan fingerprint density at radius 3 is 2.63 bits per heavy atom. The van der Waals surface area contributed by atoms with Crippen LogP contribution in [0.15, 0.2) is 78.1 Å². The highest BCUT2D eigenvalue weighted by Gasteiger charge is 2.14. The lowest BCUT2D eigenvalue weighted by Crippen LogP contribution is -2.22. The van der Waals surface area contributed by atoms with Crippen molar-refractivity contribution >= 4 is 38.1 Å². The van der Waals surface area contributed by atoms with Crippen LogP contribution in [0.25, 0.3) is 0 Å². The molecule has 140 valence electrons. The van der Waals surface area contributed by atoms with Crippen LogP contribution in [0.4, 0.5) is 0 Å². The number of hydrazone groups is 1. The first-order chi connectivity index (χ1) is 12.9. The Balaban J connectivity index is 1.55. The van der Waals surface area contributed by atoms with Gasteiger partial charge in [-0.3, -0.25) is 4.79 Å². The molecule has 1 amide bonds. The number of nitrogens with zero attached hydrogens (tertiary/aromatic N) is 1. The molecule has 0 aliphatic heterocycles. The molecule has 0 spiro atoms. The maximum Gasteiger partial charge on any atom is 0.307 e. The van der Waals surface area contributed by atoms with Crippen molar-refractivity contribution in [2.24, 2.45) is 5.10 Å². The van der Waals surface area contributed by atoms with Crippen LogP contribution in [0.1, 0.15) is 22.1 Å². The molecule has 27 heavy (non-hydrogen) atoms. The Morgan fingerprint density at radius 2 is 1.93 bits per heavy atom. The van der Waals surface area contributed by atoms with Crippen molar-refractivity contribution in [3.05, 3.63) is 76.5 Å². The van der Waals surface area contributed by atoms with E-state index >= 15 is 0 Å². The minimum Gasteiger partial charge on any atom is -0.459 e. The van der Waals surface area contributed by atoms with Crippen LogP contribution in [-0.4, -0.2) is 20.5 Å². The van der Waals surface area contributed by atoms with Crippen molar-refractivity contribution in [1.29, 1.82) is 0 Å². The number of carbonyl (C=O) groups is 1. The summed E-state index contributed by atoms with van der Waals surface area (Å²) < 4.78 is 38.1. The van der Waals surface area contributed by atoms with Gasteiger partial charge >= 0.3 is 5.91 Å². The molecule has 0 saturated carbocycles. The van der Waals surface area contributed by atoms with Gasteiger partial charge in [0.1, 0.15) is 11.5 Å². The Morgan fingerprint density at radius 1 is 1.15 bits per heavy atom. The molecular formula is C17H14BrN3O5S. The molecular weight excluding hydrogens is 438 g/mol. The number of sulfonamides is 1. The lowest BCUT2D eigenvalue weighted by molar-refractivity contribution is 0.0927. The third kappa shape index (κ3) is 5.16. The third-order valence-corrected chi connectivity index (χ3v) is 5.29. The van der Waals surface area contributed by atoms with Crippen LogP contribution < -0.4 is 10.1 Å². The predicted octanol–water partition coefficient (Wildman–Crippen LogP) is 2.88. The fourth-order valence-electron chi connectivity index (χ4n) is 2.04. The van der Waals surface area contributed by atoms with Crippen LogP contribution in [0, 0.1) is 0 Å². The van der Waals surface area contributed by atoms with Gasteiger partial charge in [-0.1, -0.05) is 15.9 Å². The summed E-state index contributed by atoms with van der Waals surface area (Å²) in [4.78, 5) is 11.8. The molecule has 0 radical (unpaired) electrons. The highest BCUT2D eigenvalue weighted by Crippen LogP contribution is 2.15. The fraction of sp³-hybridized carbons (Fsp3) is 0.0588. The van der Waals surface area contributed by atoms with Crippen LogP contribution in [0.2, 0.25) is 0 Å². The van der Waals surface area contributed by atoms with Gasteiger partial charge in [0.05, 0.1) is 23.9 Å². The molecule has 2 aromatic heterocycles. The van der Waals surface area contributed by atoms with Crippen molar-refractivity contribution in [3.8, 4) is 0 Å². The number of carbonyl (C=O) groups excluding carboxylic acids is 1. The first kappa shape index (κ1) is 19.1. The summed E-state index contributed by atoms with van der Waals surface area (Å²) >= 11 is 3.26. The van der Waals surface area contributed by atoms with Crippen LogP contribution >= 0.6 is 15.9 Å². The van der Waals surface area contributed by atoms with E-state index < -0.39 is 15.9 Å². The molecule has 0 saturated heterocycles. The summed E-state index contributed by atoms with van der Waals surface area (Å²) in [6.07, 6.45) is 2.68. The van der Waals surface area contributed by atoms with Crippen molar-refractivity contribution in [3.63, 3.8) is 0 Å². The number of rotatable bonds is 7. The standard InChI is InChI=1S/C17H14BrN3O5S/c18-12-3-7-15(8-4-12)27(23,24)20-11-14-6-5-13(26-14)10-19-21-17(22)16-2-1-9-25-16/h1-10,20H,11H2,(H,21,22)/b19-10-. The molecule has 8 nitrogen and oxygen atoms in total. The number of hydrogen-bond donors (Lipinski definition) is 2. The van der Waals surface area contributed by atoms with Crippen molar-refractivity contribution in [2.75, 3.05) is 0 Å². The van der Waals surface area contributed by atoms with E-state index in [-0.39, 0.29) is 17.2 Å². The van der Waals surface area contributed by atoms with Gasteiger partial charge in [0, 0.05) is 4.47 Å². The van der Waals surface area contributed by atoms with Crippen LogP contribution in [0.3, 0.4) is 0 Å². The molecule has 0 aliphatic carbocycles. The van der Waals surface area contributed by atoms with Crippen molar-refractivity contribution in [1.82, 2.24) is 10.1 Å². The molecule has 0 unspecified atom stereocenters. The third-order valence-electron chi connectivity index (χ3n) is 3.35. The Bertz CT molecular complexity index is 1040. The molecule has 3 aromatic rings. The zero-order valence-corrected chi connectivity index (χ0v) is 16.2. The zero-order chi connectivity index (χ0) is 19.3. The lowest BCUT2D eigenvalue weighted by Gasteiger charge is -2.05. The second-order valence-electron chi connectivity index (χ2n) is 5.26. The average molecular weight is 452 g/mol. The number of benzene rings is 1. The first-order valence-electron chi connectivity index (χ1n) is 7.65. The minimum absolute atomic E-state index is 0.0228. The Kier molecular flexibility index (Phi) is 5.89. The van der Waals surface area contributed by atoms with Crippen molar-refractivity contribution < 1.29 is 22.0 Å². The summed E-state index contributed by atoms with van der Waals surface area (Å²) in [5.74, 6) is 0.391. The lowest BCUT2D eigenvalue weighted by atomic mass is 10.4. The molecule has 10 heteroatoms. The van der Waals surface area contributed by atoms with Gasteiger partial charge in [-0.05, 0) is 48.5 Å². The van der Waals surface area contributed by atoms with E-state index in [1.807, 2.05) is 0 Å². The Hall–Kier alpha value is -2.69. The molecule has 0 atom stereocenters. The monoisotopic (exact) mass is 451 g/mol. The van der Waals surface area contributed by atoms with Crippen LogP contribution in [0.5, 0.6) is 0 Å². The summed E-state index contributed by atoms with van der Waals surface area (Å²) in [5, 5.41) is 3.75.